The lowest BCUT2D eigenvalue weighted by Gasteiger charge is -2.24. The zero-order chi connectivity index (χ0) is 10.6. The summed E-state index contributed by atoms with van der Waals surface area (Å²) in [6.07, 6.45) is 0.969. The largest absolute Gasteiger partial charge is 0.108 e. The molecule has 0 radical (unpaired) electrons. The van der Waals surface area contributed by atoms with E-state index in [0.29, 0.717) is 0 Å². The minimum Gasteiger partial charge on any atom is -0.108 e. The molecule has 1 aromatic rings. The summed E-state index contributed by atoms with van der Waals surface area (Å²) in [7, 11) is 0. The van der Waals surface area contributed by atoms with Crippen molar-refractivity contribution in [3.63, 3.8) is 0 Å². The number of hydrogen-bond acceptors (Lipinski definition) is 2. The van der Waals surface area contributed by atoms with E-state index >= 15 is 0 Å². The van der Waals surface area contributed by atoms with Gasteiger partial charge in [-0.05, 0) is 25.8 Å². The second-order valence-corrected chi connectivity index (χ2v) is 6.17. The summed E-state index contributed by atoms with van der Waals surface area (Å²) < 4.78 is 1.17. The maximum absolute atomic E-state index is 5.27. The van der Waals surface area contributed by atoms with Crippen LogP contribution in [0, 0.1) is 0 Å². The molecule has 14 heavy (non-hydrogen) atoms. The quantitative estimate of drug-likeness (QED) is 0.698. The van der Waals surface area contributed by atoms with Crippen molar-refractivity contribution in [3.8, 4) is 0 Å². The molecular formula is C12H16S2. The van der Waals surface area contributed by atoms with E-state index < -0.39 is 0 Å². The third kappa shape index (κ3) is 3.10. The average Bonchev–Trinajstić information content (AvgIpc) is 2.18. The highest BCUT2D eigenvalue weighted by atomic mass is 32.2. The predicted octanol–water partition coefficient (Wildman–Crippen LogP) is 4.39. The number of hydrogen-bond donors (Lipinski definition) is 0. The molecule has 0 nitrogen and oxygen atoms in total. The first-order valence-corrected chi connectivity index (χ1v) is 6.06. The van der Waals surface area contributed by atoms with Gasteiger partial charge in [-0.3, -0.25) is 0 Å². The van der Waals surface area contributed by atoms with E-state index in [4.69, 9.17) is 12.2 Å². The third-order valence-electron chi connectivity index (χ3n) is 2.13. The van der Waals surface area contributed by atoms with Crippen LogP contribution in [0.1, 0.15) is 32.8 Å². The van der Waals surface area contributed by atoms with Gasteiger partial charge in [-0.2, -0.15) is 0 Å². The Morgan fingerprint density at radius 3 is 2.36 bits per heavy atom. The molecule has 0 aliphatic heterocycles. The summed E-state index contributed by atoms with van der Waals surface area (Å²) in [4.78, 5) is 0. The van der Waals surface area contributed by atoms with E-state index in [1.54, 1.807) is 11.8 Å². The van der Waals surface area contributed by atoms with Crippen LogP contribution in [0.4, 0.5) is 0 Å². The lowest BCUT2D eigenvalue weighted by atomic mass is 10.0. The van der Waals surface area contributed by atoms with Crippen LogP contribution in [0.25, 0.3) is 0 Å². The van der Waals surface area contributed by atoms with Crippen molar-refractivity contribution >= 4 is 28.2 Å². The van der Waals surface area contributed by atoms with Crippen LogP contribution in [0.15, 0.2) is 30.3 Å². The molecule has 76 valence electrons. The molecule has 0 saturated heterocycles. The van der Waals surface area contributed by atoms with Crippen LogP contribution in [0.3, 0.4) is 0 Å². The molecule has 0 heterocycles. The fraction of sp³-hybridized carbons (Fsp3) is 0.417. The van der Waals surface area contributed by atoms with E-state index in [9.17, 15) is 0 Å². The van der Waals surface area contributed by atoms with Gasteiger partial charge in [0.05, 0.1) is 0 Å². The first-order chi connectivity index (χ1) is 6.56. The molecule has 0 aromatic heterocycles. The van der Waals surface area contributed by atoms with Crippen molar-refractivity contribution < 1.29 is 0 Å². The Morgan fingerprint density at radius 1 is 1.29 bits per heavy atom. The van der Waals surface area contributed by atoms with Gasteiger partial charge >= 0.3 is 0 Å². The third-order valence-corrected chi connectivity index (χ3v) is 3.93. The minimum absolute atomic E-state index is 0.0916. The molecule has 0 aliphatic rings. The summed E-state index contributed by atoms with van der Waals surface area (Å²) in [5.74, 6) is 0. The Kier molecular flexibility index (Phi) is 4.14. The van der Waals surface area contributed by atoms with E-state index in [-0.39, 0.29) is 4.75 Å². The molecule has 1 rings (SSSR count). The normalized spacial score (nSPS) is 11.4. The standard InChI is InChI=1S/C12H16S2/c1-4-11(13)14-12(2,3)10-8-6-5-7-9-10/h5-9H,4H2,1-3H3. The van der Waals surface area contributed by atoms with Crippen LogP contribution >= 0.6 is 24.0 Å². The van der Waals surface area contributed by atoms with E-state index in [1.807, 2.05) is 6.07 Å². The van der Waals surface area contributed by atoms with Crippen molar-refractivity contribution in [1.82, 2.24) is 0 Å². The van der Waals surface area contributed by atoms with Crippen LogP contribution in [-0.2, 0) is 4.75 Å². The summed E-state index contributed by atoms with van der Waals surface area (Å²) in [5.41, 5.74) is 1.33. The lowest BCUT2D eigenvalue weighted by Crippen LogP contribution is -2.13. The molecule has 0 atom stereocenters. The van der Waals surface area contributed by atoms with Crippen molar-refractivity contribution in [2.24, 2.45) is 0 Å². The summed E-state index contributed by atoms with van der Waals surface area (Å²) >= 11 is 7.05. The molecule has 0 N–H and O–H groups in total. The Morgan fingerprint density at radius 2 is 1.86 bits per heavy atom. The molecular weight excluding hydrogens is 208 g/mol. The topological polar surface area (TPSA) is 0 Å². The van der Waals surface area contributed by atoms with Crippen LogP contribution in [-0.4, -0.2) is 4.20 Å². The highest BCUT2D eigenvalue weighted by Gasteiger charge is 2.22. The van der Waals surface area contributed by atoms with Gasteiger partial charge in [-0.1, -0.05) is 49.5 Å². The van der Waals surface area contributed by atoms with Crippen molar-refractivity contribution in [1.29, 1.82) is 0 Å². The van der Waals surface area contributed by atoms with Gasteiger partial charge < -0.3 is 0 Å². The molecule has 0 amide bonds. The van der Waals surface area contributed by atoms with Crippen molar-refractivity contribution in [3.05, 3.63) is 35.9 Å². The number of benzene rings is 1. The minimum atomic E-state index is 0.0916. The maximum atomic E-state index is 5.27. The van der Waals surface area contributed by atoms with Gasteiger partial charge in [0, 0.05) is 8.94 Å². The molecule has 0 spiro atoms. The lowest BCUT2D eigenvalue weighted by molar-refractivity contribution is 0.788. The summed E-state index contributed by atoms with van der Waals surface area (Å²) in [6.45, 7) is 6.54. The fourth-order valence-electron chi connectivity index (χ4n) is 1.26. The second kappa shape index (κ2) is 4.94. The van der Waals surface area contributed by atoms with E-state index in [2.05, 4.69) is 45.0 Å². The highest BCUT2D eigenvalue weighted by molar-refractivity contribution is 8.23. The fourth-order valence-corrected chi connectivity index (χ4v) is 2.85. The van der Waals surface area contributed by atoms with E-state index in [0.717, 1.165) is 10.6 Å². The van der Waals surface area contributed by atoms with Gasteiger partial charge in [0.15, 0.2) is 0 Å². The van der Waals surface area contributed by atoms with Gasteiger partial charge in [0.2, 0.25) is 0 Å². The Balaban J connectivity index is 2.80. The van der Waals surface area contributed by atoms with Gasteiger partial charge in [-0.25, -0.2) is 0 Å². The highest BCUT2D eigenvalue weighted by Crippen LogP contribution is 2.36. The molecule has 1 aromatic carbocycles. The molecule has 0 bridgehead atoms. The van der Waals surface area contributed by atoms with Crippen LogP contribution in [0.2, 0.25) is 0 Å². The smallest absolute Gasteiger partial charge is 0.0484 e. The first-order valence-electron chi connectivity index (χ1n) is 4.83. The van der Waals surface area contributed by atoms with Gasteiger partial charge in [-0.15, -0.1) is 11.8 Å². The average molecular weight is 224 g/mol. The van der Waals surface area contributed by atoms with Gasteiger partial charge in [0.1, 0.15) is 0 Å². The molecule has 0 unspecified atom stereocenters. The van der Waals surface area contributed by atoms with Gasteiger partial charge in [0.25, 0.3) is 0 Å². The van der Waals surface area contributed by atoms with Crippen molar-refractivity contribution in [2.75, 3.05) is 0 Å². The second-order valence-electron chi connectivity index (χ2n) is 3.70. The zero-order valence-electron chi connectivity index (χ0n) is 8.91. The monoisotopic (exact) mass is 224 g/mol. The Hall–Kier alpha value is -0.340. The zero-order valence-corrected chi connectivity index (χ0v) is 10.5. The first kappa shape index (κ1) is 11.7. The number of thiocarbonyl (C=S) groups is 1. The SMILES string of the molecule is CCC(=S)SC(C)(C)c1ccccc1. The predicted molar refractivity (Wildman–Crippen MR) is 69.9 cm³/mol. The van der Waals surface area contributed by atoms with Crippen molar-refractivity contribution in [2.45, 2.75) is 31.9 Å². The molecule has 0 fully saturated rings. The van der Waals surface area contributed by atoms with E-state index in [1.165, 1.54) is 5.56 Å². The van der Waals surface area contributed by atoms with Crippen LogP contribution in [0.5, 0.6) is 0 Å². The summed E-state index contributed by atoms with van der Waals surface area (Å²) in [5, 5.41) is 0. The summed E-state index contributed by atoms with van der Waals surface area (Å²) in [6, 6.07) is 10.5. The molecule has 2 heteroatoms. The number of rotatable bonds is 3. The molecule has 0 saturated carbocycles. The van der Waals surface area contributed by atoms with Crippen LogP contribution < -0.4 is 0 Å². The molecule has 0 aliphatic carbocycles. The number of thioether (sulfide) groups is 1. The maximum Gasteiger partial charge on any atom is 0.0484 e. The Labute approximate surface area is 96.1 Å². The Bertz CT molecular complexity index is 301.